The van der Waals surface area contributed by atoms with E-state index in [1.807, 2.05) is 12.1 Å². The zero-order chi connectivity index (χ0) is 16.1. The third-order valence-electron chi connectivity index (χ3n) is 4.49. The fourth-order valence-electron chi connectivity index (χ4n) is 3.11. The minimum atomic E-state index is -0.894. The maximum atomic E-state index is 6.07. The van der Waals surface area contributed by atoms with Crippen LogP contribution in [0, 0.1) is 5.92 Å². The van der Waals surface area contributed by atoms with Crippen molar-refractivity contribution in [3.63, 3.8) is 0 Å². The van der Waals surface area contributed by atoms with E-state index in [1.165, 1.54) is 6.04 Å². The van der Waals surface area contributed by atoms with Crippen molar-refractivity contribution in [2.45, 2.75) is 38.1 Å². The van der Waals surface area contributed by atoms with Crippen LogP contribution in [-0.2, 0) is 9.47 Å². The number of epoxide rings is 1. The molecule has 0 aliphatic carbocycles. The van der Waals surface area contributed by atoms with Crippen LogP contribution in [0.3, 0.4) is 0 Å². The summed E-state index contributed by atoms with van der Waals surface area (Å²) in [5.41, 5.74) is 0. The van der Waals surface area contributed by atoms with Crippen LogP contribution in [0.1, 0.15) is 25.2 Å². The lowest BCUT2D eigenvalue weighted by Gasteiger charge is -2.22. The zero-order valence-electron chi connectivity index (χ0n) is 14.0. The van der Waals surface area contributed by atoms with Gasteiger partial charge in [-0.3, -0.25) is 0 Å². The Labute approximate surface area is 140 Å². The van der Waals surface area contributed by atoms with E-state index in [1.54, 1.807) is 11.4 Å². The molecule has 3 rings (SSSR count). The summed E-state index contributed by atoms with van der Waals surface area (Å²) in [6.45, 7) is 6.27. The van der Waals surface area contributed by atoms with Gasteiger partial charge < -0.3 is 13.9 Å². The molecular formula is C19H26O3Si. The summed E-state index contributed by atoms with van der Waals surface area (Å²) >= 11 is 0. The lowest BCUT2D eigenvalue weighted by atomic mass is 10.0. The van der Waals surface area contributed by atoms with Gasteiger partial charge in [0, 0.05) is 0 Å². The standard InChI is InChI=1S/C19H26O3Si/c1-15(14-23(2)17-7-4-3-5-8-17)11-19(18-9-6-10-20-18)22-13-16-12-21-16/h3-10,15-16,19,23H,11-14H2,1-2H3. The van der Waals surface area contributed by atoms with Crippen LogP contribution in [0.15, 0.2) is 53.1 Å². The minimum absolute atomic E-state index is 0.0428. The highest BCUT2D eigenvalue weighted by atomic mass is 28.3. The second-order valence-electron chi connectivity index (χ2n) is 6.68. The van der Waals surface area contributed by atoms with Crippen LogP contribution in [0.2, 0.25) is 12.6 Å². The number of furan rings is 1. The van der Waals surface area contributed by atoms with Crippen molar-refractivity contribution in [2.24, 2.45) is 5.92 Å². The first kappa shape index (κ1) is 16.5. The molecule has 23 heavy (non-hydrogen) atoms. The van der Waals surface area contributed by atoms with E-state index in [0.29, 0.717) is 18.6 Å². The van der Waals surface area contributed by atoms with Gasteiger partial charge in [0.25, 0.3) is 0 Å². The molecule has 0 radical (unpaired) electrons. The molecule has 0 amide bonds. The molecule has 1 saturated heterocycles. The number of hydrogen-bond donors (Lipinski definition) is 0. The molecule has 4 atom stereocenters. The molecule has 3 nitrogen and oxygen atoms in total. The Morgan fingerprint density at radius 3 is 2.65 bits per heavy atom. The van der Waals surface area contributed by atoms with Gasteiger partial charge in [0.15, 0.2) is 0 Å². The largest absolute Gasteiger partial charge is 0.467 e. The van der Waals surface area contributed by atoms with Crippen molar-refractivity contribution in [2.75, 3.05) is 13.2 Å². The molecule has 1 aliphatic heterocycles. The topological polar surface area (TPSA) is 34.9 Å². The summed E-state index contributed by atoms with van der Waals surface area (Å²) < 4.78 is 16.9. The molecule has 0 N–H and O–H groups in total. The van der Waals surface area contributed by atoms with E-state index < -0.39 is 8.80 Å². The molecule has 0 spiro atoms. The van der Waals surface area contributed by atoms with E-state index in [9.17, 15) is 0 Å². The van der Waals surface area contributed by atoms with Crippen LogP contribution < -0.4 is 5.19 Å². The van der Waals surface area contributed by atoms with Gasteiger partial charge in [0.05, 0.1) is 28.3 Å². The lowest BCUT2D eigenvalue weighted by molar-refractivity contribution is 0.0153. The number of ether oxygens (including phenoxy) is 2. The monoisotopic (exact) mass is 330 g/mol. The molecule has 124 valence electrons. The first-order valence-electron chi connectivity index (χ1n) is 8.54. The molecular weight excluding hydrogens is 304 g/mol. The second kappa shape index (κ2) is 7.95. The van der Waals surface area contributed by atoms with Gasteiger partial charge in [-0.15, -0.1) is 0 Å². The van der Waals surface area contributed by atoms with Crippen molar-refractivity contribution in [3.05, 3.63) is 54.5 Å². The number of benzene rings is 1. The average Bonchev–Trinajstić information content (AvgIpc) is 3.23. The summed E-state index contributed by atoms with van der Waals surface area (Å²) in [6, 6.07) is 16.2. The highest BCUT2D eigenvalue weighted by Gasteiger charge is 2.27. The first-order valence-corrected chi connectivity index (χ1v) is 11.1. The molecule has 2 aromatic rings. The molecule has 2 heterocycles. The van der Waals surface area contributed by atoms with Gasteiger partial charge >= 0.3 is 0 Å². The normalized spacial score (nSPS) is 20.9. The van der Waals surface area contributed by atoms with Gasteiger partial charge in [-0.25, -0.2) is 0 Å². The smallest absolute Gasteiger partial charge is 0.132 e. The van der Waals surface area contributed by atoms with Crippen LogP contribution >= 0.6 is 0 Å². The van der Waals surface area contributed by atoms with E-state index in [2.05, 4.69) is 43.8 Å². The van der Waals surface area contributed by atoms with Gasteiger partial charge in [-0.05, 0) is 24.5 Å². The second-order valence-corrected chi connectivity index (χ2v) is 9.62. The Balaban J connectivity index is 1.55. The Morgan fingerprint density at radius 2 is 2.00 bits per heavy atom. The SMILES string of the molecule is CC(CC(OCC1CO1)c1ccco1)C[SiH](C)c1ccccc1. The third-order valence-corrected chi connectivity index (χ3v) is 7.52. The maximum Gasteiger partial charge on any atom is 0.132 e. The summed E-state index contributed by atoms with van der Waals surface area (Å²) in [6.07, 6.45) is 3.07. The van der Waals surface area contributed by atoms with Crippen molar-refractivity contribution in [3.8, 4) is 0 Å². The van der Waals surface area contributed by atoms with Crippen molar-refractivity contribution < 1.29 is 13.9 Å². The van der Waals surface area contributed by atoms with Crippen LogP contribution in [-0.4, -0.2) is 28.1 Å². The quantitative estimate of drug-likeness (QED) is 0.521. The summed E-state index contributed by atoms with van der Waals surface area (Å²) in [7, 11) is -0.894. The predicted molar refractivity (Wildman–Crippen MR) is 94.8 cm³/mol. The van der Waals surface area contributed by atoms with E-state index in [0.717, 1.165) is 18.8 Å². The predicted octanol–water partition coefficient (Wildman–Crippen LogP) is 3.53. The lowest BCUT2D eigenvalue weighted by Crippen LogP contribution is -2.28. The molecule has 1 aromatic heterocycles. The van der Waals surface area contributed by atoms with E-state index in [4.69, 9.17) is 13.9 Å². The molecule has 1 aliphatic rings. The Morgan fingerprint density at radius 1 is 1.22 bits per heavy atom. The average molecular weight is 331 g/mol. The summed E-state index contributed by atoms with van der Waals surface area (Å²) in [5.74, 6) is 1.55. The Kier molecular flexibility index (Phi) is 5.70. The van der Waals surface area contributed by atoms with E-state index in [-0.39, 0.29) is 6.10 Å². The number of rotatable bonds is 9. The molecule has 4 heteroatoms. The third kappa shape index (κ3) is 5.06. The highest BCUT2D eigenvalue weighted by molar-refractivity contribution is 6.72. The molecule has 0 bridgehead atoms. The molecule has 1 aromatic carbocycles. The summed E-state index contributed by atoms with van der Waals surface area (Å²) in [4.78, 5) is 0. The van der Waals surface area contributed by atoms with Gasteiger partial charge in [0.1, 0.15) is 18.0 Å². The maximum absolute atomic E-state index is 6.07. The van der Waals surface area contributed by atoms with Crippen molar-refractivity contribution in [1.82, 2.24) is 0 Å². The van der Waals surface area contributed by atoms with Crippen LogP contribution in [0.4, 0.5) is 0 Å². The van der Waals surface area contributed by atoms with Crippen LogP contribution in [0.5, 0.6) is 0 Å². The summed E-state index contributed by atoms with van der Waals surface area (Å²) in [5, 5.41) is 1.54. The first-order chi connectivity index (χ1) is 11.2. The molecule has 4 unspecified atom stereocenters. The minimum Gasteiger partial charge on any atom is -0.467 e. The molecule has 1 fully saturated rings. The van der Waals surface area contributed by atoms with Crippen molar-refractivity contribution >= 4 is 14.0 Å². The van der Waals surface area contributed by atoms with Gasteiger partial charge in [0.2, 0.25) is 0 Å². The van der Waals surface area contributed by atoms with Crippen molar-refractivity contribution in [1.29, 1.82) is 0 Å². The Hall–Kier alpha value is -1.36. The Bertz CT molecular complexity index is 566. The van der Waals surface area contributed by atoms with Crippen LogP contribution in [0.25, 0.3) is 0 Å². The fourth-order valence-corrected chi connectivity index (χ4v) is 5.66. The van der Waals surface area contributed by atoms with Gasteiger partial charge in [-0.2, -0.15) is 0 Å². The zero-order valence-corrected chi connectivity index (χ0v) is 15.1. The van der Waals surface area contributed by atoms with E-state index >= 15 is 0 Å². The van der Waals surface area contributed by atoms with Gasteiger partial charge in [-0.1, -0.05) is 55.0 Å². The number of hydrogen-bond acceptors (Lipinski definition) is 3. The highest BCUT2D eigenvalue weighted by Crippen LogP contribution is 2.29. The molecule has 0 saturated carbocycles. The fraction of sp³-hybridized carbons (Fsp3) is 0.474.